The first-order valence-electron chi connectivity index (χ1n) is 7.09. The number of halogens is 2. The minimum absolute atomic E-state index is 0.538. The Hall–Kier alpha value is -1.46. The summed E-state index contributed by atoms with van der Waals surface area (Å²) in [7, 11) is 1.59. The van der Waals surface area contributed by atoms with Gasteiger partial charge in [0.05, 0.1) is 28.5 Å². The second-order valence-corrected chi connectivity index (χ2v) is 6.33. The second-order valence-electron chi connectivity index (χ2n) is 5.07. The van der Waals surface area contributed by atoms with Gasteiger partial charge in [0, 0.05) is 19.2 Å². The molecule has 116 valence electrons. The van der Waals surface area contributed by atoms with Crippen molar-refractivity contribution in [2.24, 2.45) is 4.99 Å². The summed E-state index contributed by atoms with van der Waals surface area (Å²) < 4.78 is 12.0. The summed E-state index contributed by atoms with van der Waals surface area (Å²) in [5.74, 6) is 2.23. The number of ether oxygens (including phenoxy) is 1. The van der Waals surface area contributed by atoms with Gasteiger partial charge in [-0.2, -0.15) is 0 Å². The van der Waals surface area contributed by atoms with E-state index in [0.29, 0.717) is 16.5 Å². The fraction of sp³-hybridized carbons (Fsp3) is 0.312. The Morgan fingerprint density at radius 1 is 1.32 bits per heavy atom. The molecule has 0 unspecified atom stereocenters. The Kier molecular flexibility index (Phi) is 4.74. The van der Waals surface area contributed by atoms with Gasteiger partial charge in [-0.15, -0.1) is 0 Å². The number of hydrogen-bond acceptors (Lipinski definition) is 4. The van der Waals surface area contributed by atoms with Crippen LogP contribution in [0.1, 0.15) is 18.6 Å². The Bertz CT molecular complexity index is 693. The number of benzene rings is 1. The van der Waals surface area contributed by atoms with Crippen LogP contribution >= 0.6 is 27.5 Å². The number of anilines is 1. The van der Waals surface area contributed by atoms with Crippen molar-refractivity contribution >= 4 is 45.3 Å². The van der Waals surface area contributed by atoms with Crippen molar-refractivity contribution in [2.45, 2.75) is 12.8 Å². The minimum atomic E-state index is 0.538. The van der Waals surface area contributed by atoms with E-state index in [2.05, 4.69) is 25.8 Å². The van der Waals surface area contributed by atoms with Crippen molar-refractivity contribution < 1.29 is 9.15 Å². The van der Waals surface area contributed by atoms with Crippen LogP contribution in [0, 0.1) is 0 Å². The lowest BCUT2D eigenvalue weighted by molar-refractivity contribution is 0.415. The van der Waals surface area contributed by atoms with E-state index in [1.54, 1.807) is 25.5 Å². The summed E-state index contributed by atoms with van der Waals surface area (Å²) in [6.45, 7) is 2.08. The van der Waals surface area contributed by atoms with E-state index in [1.165, 1.54) is 12.8 Å². The van der Waals surface area contributed by atoms with Crippen LogP contribution in [-0.4, -0.2) is 26.4 Å². The largest absolute Gasteiger partial charge is 0.495 e. The molecule has 0 radical (unpaired) electrons. The molecule has 0 N–H and O–H groups in total. The van der Waals surface area contributed by atoms with Crippen molar-refractivity contribution in [1.29, 1.82) is 0 Å². The molecule has 3 rings (SSSR count). The Balaban J connectivity index is 1.78. The van der Waals surface area contributed by atoms with Gasteiger partial charge in [-0.25, -0.2) is 0 Å². The lowest BCUT2D eigenvalue weighted by atomic mass is 10.3. The van der Waals surface area contributed by atoms with Crippen LogP contribution in [-0.2, 0) is 0 Å². The van der Waals surface area contributed by atoms with Crippen LogP contribution in [0.4, 0.5) is 11.6 Å². The molecule has 2 heterocycles. The molecular weight excluding hydrogens is 368 g/mol. The first kappa shape index (κ1) is 15.4. The third-order valence-electron chi connectivity index (χ3n) is 3.56. The zero-order chi connectivity index (χ0) is 15.5. The zero-order valence-corrected chi connectivity index (χ0v) is 14.5. The Morgan fingerprint density at radius 2 is 2.09 bits per heavy atom. The van der Waals surface area contributed by atoms with Gasteiger partial charge >= 0.3 is 0 Å². The topological polar surface area (TPSA) is 38.0 Å². The molecule has 0 aliphatic carbocycles. The first-order chi connectivity index (χ1) is 10.7. The highest BCUT2D eigenvalue weighted by Gasteiger charge is 2.19. The van der Waals surface area contributed by atoms with Gasteiger partial charge in [-0.05, 0) is 47.0 Å². The number of furan rings is 1. The molecule has 1 aromatic heterocycles. The van der Waals surface area contributed by atoms with Crippen molar-refractivity contribution in [3.05, 3.63) is 39.5 Å². The summed E-state index contributed by atoms with van der Waals surface area (Å²) >= 11 is 9.64. The highest BCUT2D eigenvalue weighted by Crippen LogP contribution is 2.32. The quantitative estimate of drug-likeness (QED) is 0.693. The zero-order valence-electron chi connectivity index (χ0n) is 12.2. The lowest BCUT2D eigenvalue weighted by Crippen LogP contribution is -2.17. The molecule has 0 atom stereocenters. The molecular formula is C16H16BrClN2O2. The molecule has 0 amide bonds. The van der Waals surface area contributed by atoms with Crippen LogP contribution < -0.4 is 9.64 Å². The van der Waals surface area contributed by atoms with Crippen LogP contribution in [0.25, 0.3) is 0 Å². The van der Waals surface area contributed by atoms with Gasteiger partial charge in [-0.1, -0.05) is 11.6 Å². The van der Waals surface area contributed by atoms with E-state index in [0.717, 1.165) is 29.1 Å². The summed E-state index contributed by atoms with van der Waals surface area (Å²) in [6, 6.07) is 7.34. The number of rotatable bonds is 4. The molecule has 0 bridgehead atoms. The maximum absolute atomic E-state index is 6.09. The molecule has 1 aromatic carbocycles. The highest BCUT2D eigenvalue weighted by molar-refractivity contribution is 9.10. The minimum Gasteiger partial charge on any atom is -0.495 e. The predicted molar refractivity (Wildman–Crippen MR) is 93.1 cm³/mol. The van der Waals surface area contributed by atoms with E-state index in [-0.39, 0.29) is 0 Å². The van der Waals surface area contributed by atoms with E-state index >= 15 is 0 Å². The molecule has 2 aromatic rings. The SMILES string of the molecule is COc1ccc(N=Cc2cc(Br)c(N3CCCC3)o2)cc1Cl. The average molecular weight is 384 g/mol. The van der Waals surface area contributed by atoms with Crippen LogP contribution in [0.2, 0.25) is 5.02 Å². The number of aliphatic imine (C=N–C) groups is 1. The maximum atomic E-state index is 6.09. The van der Waals surface area contributed by atoms with Gasteiger partial charge in [0.15, 0.2) is 0 Å². The molecule has 1 aliphatic heterocycles. The molecule has 1 saturated heterocycles. The summed E-state index contributed by atoms with van der Waals surface area (Å²) in [5.41, 5.74) is 0.751. The van der Waals surface area contributed by atoms with Crippen LogP contribution in [0.3, 0.4) is 0 Å². The standard InChI is InChI=1S/C16H16BrClN2O2/c1-21-15-5-4-11(8-14(15)18)19-10-12-9-13(17)16(22-12)20-6-2-3-7-20/h4-5,8-10H,2-3,6-7H2,1H3. The molecule has 1 aliphatic rings. The van der Waals surface area contributed by atoms with Crippen molar-refractivity contribution in [3.63, 3.8) is 0 Å². The van der Waals surface area contributed by atoms with Gasteiger partial charge in [0.2, 0.25) is 5.88 Å². The van der Waals surface area contributed by atoms with E-state index in [1.807, 2.05) is 12.1 Å². The fourth-order valence-corrected chi connectivity index (χ4v) is 3.26. The number of methoxy groups -OCH3 is 1. The number of nitrogens with zero attached hydrogens (tertiary/aromatic N) is 2. The second kappa shape index (κ2) is 6.75. The fourth-order valence-electron chi connectivity index (χ4n) is 2.45. The average Bonchev–Trinajstić information content (AvgIpc) is 3.14. The van der Waals surface area contributed by atoms with Gasteiger partial charge in [-0.3, -0.25) is 4.99 Å². The molecule has 0 spiro atoms. The predicted octanol–water partition coefficient (Wildman–Crippen LogP) is 5.05. The Labute approximate surface area is 142 Å². The monoisotopic (exact) mass is 382 g/mol. The first-order valence-corrected chi connectivity index (χ1v) is 8.26. The van der Waals surface area contributed by atoms with Gasteiger partial charge in [0.1, 0.15) is 11.5 Å². The third-order valence-corrected chi connectivity index (χ3v) is 4.42. The van der Waals surface area contributed by atoms with E-state index < -0.39 is 0 Å². The van der Waals surface area contributed by atoms with E-state index in [9.17, 15) is 0 Å². The van der Waals surface area contributed by atoms with Crippen molar-refractivity contribution in [2.75, 3.05) is 25.1 Å². The molecule has 1 fully saturated rings. The Morgan fingerprint density at radius 3 is 2.77 bits per heavy atom. The number of hydrogen-bond donors (Lipinski definition) is 0. The maximum Gasteiger partial charge on any atom is 0.210 e. The van der Waals surface area contributed by atoms with Crippen molar-refractivity contribution in [1.82, 2.24) is 0 Å². The molecule has 22 heavy (non-hydrogen) atoms. The normalized spacial score (nSPS) is 15.0. The van der Waals surface area contributed by atoms with Crippen molar-refractivity contribution in [3.8, 4) is 5.75 Å². The smallest absolute Gasteiger partial charge is 0.210 e. The van der Waals surface area contributed by atoms with E-state index in [4.69, 9.17) is 20.8 Å². The van der Waals surface area contributed by atoms with Crippen LogP contribution in [0.15, 0.2) is 38.1 Å². The molecule has 6 heteroatoms. The van der Waals surface area contributed by atoms with Gasteiger partial charge < -0.3 is 14.1 Å². The highest BCUT2D eigenvalue weighted by atomic mass is 79.9. The lowest BCUT2D eigenvalue weighted by Gasteiger charge is -2.13. The summed E-state index contributed by atoms with van der Waals surface area (Å²) in [6.07, 6.45) is 4.12. The molecule has 0 saturated carbocycles. The third kappa shape index (κ3) is 3.31. The molecule has 4 nitrogen and oxygen atoms in total. The summed E-state index contributed by atoms with van der Waals surface area (Å²) in [5, 5.41) is 0.538. The van der Waals surface area contributed by atoms with Crippen LogP contribution in [0.5, 0.6) is 5.75 Å². The van der Waals surface area contributed by atoms with Gasteiger partial charge in [0.25, 0.3) is 0 Å². The summed E-state index contributed by atoms with van der Waals surface area (Å²) in [4.78, 5) is 6.64.